The first-order valence-corrected chi connectivity index (χ1v) is 18.7. The lowest BCUT2D eigenvalue weighted by Crippen LogP contribution is -2.14. The van der Waals surface area contributed by atoms with Crippen LogP contribution in [0.3, 0.4) is 0 Å². The van der Waals surface area contributed by atoms with Gasteiger partial charge >= 0.3 is 0 Å². The third-order valence-electron chi connectivity index (χ3n) is 7.96. The van der Waals surface area contributed by atoms with E-state index < -0.39 is 0 Å². The van der Waals surface area contributed by atoms with Crippen LogP contribution in [-0.2, 0) is 4.79 Å². The van der Waals surface area contributed by atoms with Crippen LogP contribution in [0.2, 0.25) is 0 Å². The van der Waals surface area contributed by atoms with Crippen LogP contribution in [0.5, 0.6) is 0 Å². The fraction of sp³-hybridized carbons (Fsp3) is 0.732. The lowest BCUT2D eigenvalue weighted by molar-refractivity contribution is -0.105. The summed E-state index contributed by atoms with van der Waals surface area (Å²) in [6.45, 7) is 27.2. The molecule has 0 saturated heterocycles. The summed E-state index contributed by atoms with van der Waals surface area (Å²) < 4.78 is 0. The Kier molecular flexibility index (Phi) is 30.4. The maximum absolute atomic E-state index is 10.9. The smallest absolute Gasteiger partial charge is 0.211 e. The van der Waals surface area contributed by atoms with E-state index in [9.17, 15) is 4.79 Å². The number of hydrogen-bond donors (Lipinski definition) is 3. The number of benzene rings is 1. The zero-order chi connectivity index (χ0) is 34.5. The second-order valence-electron chi connectivity index (χ2n) is 14.2. The molecule has 3 fully saturated rings. The van der Waals surface area contributed by atoms with Gasteiger partial charge in [-0.1, -0.05) is 153 Å². The Morgan fingerprint density at radius 2 is 1.16 bits per heavy atom. The van der Waals surface area contributed by atoms with E-state index in [1.54, 1.807) is 0 Å². The minimum absolute atomic E-state index is 0.583. The first-order chi connectivity index (χ1) is 21.5. The highest BCUT2D eigenvalue weighted by molar-refractivity contribution is 5.74. The highest BCUT2D eigenvalue weighted by Crippen LogP contribution is 2.36. The van der Waals surface area contributed by atoms with Crippen LogP contribution >= 0.6 is 0 Å². The van der Waals surface area contributed by atoms with Crippen molar-refractivity contribution in [3.63, 3.8) is 0 Å². The van der Waals surface area contributed by atoms with Crippen molar-refractivity contribution in [2.24, 2.45) is 29.4 Å². The molecule has 4 nitrogen and oxygen atoms in total. The molecular weight excluding hydrogens is 550 g/mol. The van der Waals surface area contributed by atoms with E-state index in [1.807, 2.05) is 6.07 Å². The van der Waals surface area contributed by atoms with E-state index in [4.69, 9.17) is 0 Å². The highest BCUT2D eigenvalue weighted by atomic mass is 16.1. The number of carbonyl (C=O) groups is 1. The standard InChI is InChI=1S/C21H30N2O.C8H16.C4H10.2C3H8.C2H5N/c1-16(17-8-4-2-5-9-17)23-21-13-19(12-20(14-21)22-15-24)18-10-6-3-7-11-18;1-7-3-5-8(2)6-4-7;1-4(2)3;2*1-3-2;1-2-3/h12-15,17-18,23H,1-11H2,(H,22,24);7-8H,3-6H2,1-2H3;4H,1-3H3;2*3H2,1-2H3;2H,1,3H2. The third-order valence-corrected chi connectivity index (χ3v) is 7.96. The first kappa shape index (κ1) is 44.9. The molecule has 4 rings (SSSR count). The molecule has 0 spiro atoms. The van der Waals surface area contributed by atoms with E-state index in [-0.39, 0.29) is 0 Å². The molecule has 3 aliphatic carbocycles. The average molecular weight is 628 g/mol. The zero-order valence-corrected chi connectivity index (χ0v) is 31.5. The van der Waals surface area contributed by atoms with Crippen molar-refractivity contribution in [2.45, 2.75) is 171 Å². The summed E-state index contributed by atoms with van der Waals surface area (Å²) in [4.78, 5) is 10.9. The Bertz CT molecular complexity index is 814. The maximum atomic E-state index is 10.9. The predicted octanol–water partition coefficient (Wildman–Crippen LogP) is 13.2. The predicted molar refractivity (Wildman–Crippen MR) is 205 cm³/mol. The van der Waals surface area contributed by atoms with Crippen LogP contribution in [0, 0.1) is 23.7 Å². The van der Waals surface area contributed by atoms with Gasteiger partial charge in [-0.25, -0.2) is 0 Å². The summed E-state index contributed by atoms with van der Waals surface area (Å²) in [6.07, 6.45) is 23.4. The number of nitrogens with two attached hydrogens (primary N) is 1. The lowest BCUT2D eigenvalue weighted by Gasteiger charge is -2.26. The molecule has 0 aromatic heterocycles. The summed E-state index contributed by atoms with van der Waals surface area (Å²) in [7, 11) is 0. The van der Waals surface area contributed by atoms with Crippen molar-refractivity contribution in [3.05, 3.63) is 48.8 Å². The van der Waals surface area contributed by atoms with Gasteiger partial charge in [0.2, 0.25) is 6.41 Å². The molecule has 0 atom stereocenters. The molecule has 45 heavy (non-hydrogen) atoms. The van der Waals surface area contributed by atoms with Crippen LogP contribution < -0.4 is 16.4 Å². The maximum Gasteiger partial charge on any atom is 0.211 e. The Labute approximate surface area is 281 Å². The number of rotatable bonds is 6. The summed E-state index contributed by atoms with van der Waals surface area (Å²) in [5.74, 6) is 4.08. The Balaban J connectivity index is 0. The first-order valence-electron chi connectivity index (χ1n) is 18.7. The molecule has 1 amide bonds. The Morgan fingerprint density at radius 3 is 1.56 bits per heavy atom. The van der Waals surface area contributed by atoms with Gasteiger partial charge in [0.15, 0.2) is 0 Å². The molecule has 0 radical (unpaired) electrons. The van der Waals surface area contributed by atoms with Crippen LogP contribution in [-0.4, -0.2) is 6.41 Å². The average Bonchev–Trinajstić information content (AvgIpc) is 3.01. The number of anilines is 2. The van der Waals surface area contributed by atoms with Crippen molar-refractivity contribution in [3.8, 4) is 0 Å². The zero-order valence-electron chi connectivity index (χ0n) is 31.5. The summed E-state index contributed by atoms with van der Waals surface area (Å²) >= 11 is 0. The summed E-state index contributed by atoms with van der Waals surface area (Å²) in [5.41, 5.74) is 9.04. The minimum atomic E-state index is 0.583. The number of nitrogens with one attached hydrogen (secondary N) is 2. The van der Waals surface area contributed by atoms with Crippen molar-refractivity contribution >= 4 is 17.8 Å². The number of carbonyl (C=O) groups excluding carboxylic acids is 1. The Morgan fingerprint density at radius 1 is 0.778 bits per heavy atom. The van der Waals surface area contributed by atoms with E-state index in [2.05, 4.69) is 104 Å². The summed E-state index contributed by atoms with van der Waals surface area (Å²) in [6, 6.07) is 6.42. The van der Waals surface area contributed by atoms with Crippen LogP contribution in [0.25, 0.3) is 0 Å². The van der Waals surface area contributed by atoms with Gasteiger partial charge in [-0.05, 0) is 85.2 Å². The SMILES string of the molecule is C=C(Nc1cc(NC=O)cc(C2CCCCC2)c1)C1CCCCC1.C=CN.CC(C)C.CC1CCC(C)CC1.CCC.CCC. The molecule has 0 heterocycles. The van der Waals surface area contributed by atoms with Gasteiger partial charge in [0.25, 0.3) is 0 Å². The monoisotopic (exact) mass is 628 g/mol. The second-order valence-corrected chi connectivity index (χ2v) is 14.2. The molecule has 4 heteroatoms. The van der Waals surface area contributed by atoms with E-state index in [0.29, 0.717) is 11.8 Å². The van der Waals surface area contributed by atoms with Crippen molar-refractivity contribution in [1.82, 2.24) is 0 Å². The van der Waals surface area contributed by atoms with Crippen LogP contribution in [0.1, 0.15) is 177 Å². The second kappa shape index (κ2) is 30.4. The summed E-state index contributed by atoms with van der Waals surface area (Å²) in [5, 5.41) is 6.37. The van der Waals surface area contributed by atoms with E-state index in [0.717, 1.165) is 41.2 Å². The Hall–Kier alpha value is -2.23. The van der Waals surface area contributed by atoms with Crippen molar-refractivity contribution in [1.29, 1.82) is 0 Å². The molecule has 262 valence electrons. The topological polar surface area (TPSA) is 67.1 Å². The van der Waals surface area contributed by atoms with Gasteiger partial charge in [-0.15, -0.1) is 0 Å². The van der Waals surface area contributed by atoms with Gasteiger partial charge in [0, 0.05) is 17.1 Å². The fourth-order valence-corrected chi connectivity index (χ4v) is 5.71. The molecule has 0 bridgehead atoms. The number of allylic oxidation sites excluding steroid dienone is 1. The van der Waals surface area contributed by atoms with Gasteiger partial charge in [0.05, 0.1) is 0 Å². The van der Waals surface area contributed by atoms with Crippen LogP contribution in [0.4, 0.5) is 11.4 Å². The molecule has 1 aromatic rings. The van der Waals surface area contributed by atoms with Crippen molar-refractivity contribution < 1.29 is 4.79 Å². The van der Waals surface area contributed by atoms with Gasteiger partial charge in [-0.2, -0.15) is 0 Å². The molecule has 1 aromatic carbocycles. The normalized spacial score (nSPS) is 19.4. The fourth-order valence-electron chi connectivity index (χ4n) is 5.71. The number of amides is 1. The molecule has 4 N–H and O–H groups in total. The third kappa shape index (κ3) is 25.6. The molecule has 3 aliphatic rings. The van der Waals surface area contributed by atoms with Crippen molar-refractivity contribution in [2.75, 3.05) is 10.6 Å². The molecule has 3 saturated carbocycles. The largest absolute Gasteiger partial charge is 0.405 e. The molecule has 0 aliphatic heterocycles. The van der Waals surface area contributed by atoms with E-state index >= 15 is 0 Å². The van der Waals surface area contributed by atoms with Gasteiger partial charge < -0.3 is 16.4 Å². The number of hydrogen-bond acceptors (Lipinski definition) is 3. The van der Waals surface area contributed by atoms with Crippen LogP contribution in [0.15, 0.2) is 43.3 Å². The quantitative estimate of drug-likeness (QED) is 0.275. The minimum Gasteiger partial charge on any atom is -0.405 e. The molecular formula is C41H77N3O. The van der Waals surface area contributed by atoms with Gasteiger partial charge in [-0.3, -0.25) is 4.79 Å². The van der Waals surface area contributed by atoms with E-state index in [1.165, 1.54) is 114 Å². The van der Waals surface area contributed by atoms with Gasteiger partial charge in [0.1, 0.15) is 0 Å². The highest BCUT2D eigenvalue weighted by Gasteiger charge is 2.19. The molecule has 0 unspecified atom stereocenters. The lowest BCUT2D eigenvalue weighted by atomic mass is 9.83.